The van der Waals surface area contributed by atoms with Crippen molar-refractivity contribution in [1.29, 1.82) is 0 Å². The number of piperazine rings is 1. The quantitative estimate of drug-likeness (QED) is 0.896. The molecule has 3 heterocycles. The molecule has 1 saturated heterocycles. The Labute approximate surface area is 157 Å². The first-order valence-electron chi connectivity index (χ1n) is 8.74. The summed E-state index contributed by atoms with van der Waals surface area (Å²) in [4.78, 5) is 18.6. The number of nitrogens with zero attached hydrogens (tertiary/aromatic N) is 2. The van der Waals surface area contributed by atoms with E-state index in [2.05, 4.69) is 40.5 Å². The number of rotatable bonds is 3. The Morgan fingerprint density at radius 2 is 1.88 bits per heavy atom. The molecule has 6 heteroatoms. The van der Waals surface area contributed by atoms with Gasteiger partial charge in [0.1, 0.15) is 0 Å². The summed E-state index contributed by atoms with van der Waals surface area (Å²) in [6.45, 7) is 5.16. The average Bonchev–Trinajstić information content (AvgIpc) is 3.06. The van der Waals surface area contributed by atoms with Crippen molar-refractivity contribution in [2.45, 2.75) is 25.6 Å². The van der Waals surface area contributed by atoms with Crippen LogP contribution in [0.2, 0.25) is 4.34 Å². The van der Waals surface area contributed by atoms with Gasteiger partial charge in [-0.15, -0.1) is 11.3 Å². The van der Waals surface area contributed by atoms with Gasteiger partial charge in [0.2, 0.25) is 5.91 Å². The van der Waals surface area contributed by atoms with Crippen molar-refractivity contribution >= 4 is 28.8 Å². The van der Waals surface area contributed by atoms with Crippen LogP contribution in [-0.2, 0) is 24.3 Å². The van der Waals surface area contributed by atoms with Gasteiger partial charge in [0.05, 0.1) is 10.4 Å². The van der Waals surface area contributed by atoms with Crippen LogP contribution >= 0.6 is 22.9 Å². The van der Waals surface area contributed by atoms with Gasteiger partial charge in [-0.2, -0.15) is 0 Å². The third-order valence-electron chi connectivity index (χ3n) is 5.07. The van der Waals surface area contributed by atoms with Crippen LogP contribution in [0.1, 0.15) is 16.0 Å². The van der Waals surface area contributed by atoms with Gasteiger partial charge >= 0.3 is 0 Å². The molecule has 1 aromatic heterocycles. The highest BCUT2D eigenvalue weighted by molar-refractivity contribution is 7.16. The van der Waals surface area contributed by atoms with Gasteiger partial charge in [0, 0.05) is 44.1 Å². The summed E-state index contributed by atoms with van der Waals surface area (Å²) in [5.41, 5.74) is 2.61. The van der Waals surface area contributed by atoms with Crippen molar-refractivity contribution in [3.8, 4) is 0 Å². The van der Waals surface area contributed by atoms with Gasteiger partial charge in [0.25, 0.3) is 0 Å². The molecule has 0 aliphatic carbocycles. The lowest BCUT2D eigenvalue weighted by molar-refractivity contribution is -0.135. The predicted octanol–water partition coefficient (Wildman–Crippen LogP) is 2.76. The summed E-state index contributed by atoms with van der Waals surface area (Å²) in [6.07, 6.45) is 0.795. The first kappa shape index (κ1) is 17.0. The van der Waals surface area contributed by atoms with E-state index in [1.54, 1.807) is 11.3 Å². The van der Waals surface area contributed by atoms with Crippen molar-refractivity contribution in [3.05, 3.63) is 56.7 Å². The van der Waals surface area contributed by atoms with E-state index in [0.717, 1.165) is 50.0 Å². The average molecular weight is 376 g/mol. The molecule has 2 aliphatic rings. The van der Waals surface area contributed by atoms with Crippen molar-refractivity contribution < 1.29 is 4.79 Å². The highest BCUT2D eigenvalue weighted by Crippen LogP contribution is 2.23. The van der Waals surface area contributed by atoms with Crippen LogP contribution in [0.3, 0.4) is 0 Å². The van der Waals surface area contributed by atoms with E-state index >= 15 is 0 Å². The molecule has 2 aliphatic heterocycles. The van der Waals surface area contributed by atoms with Crippen LogP contribution in [-0.4, -0.2) is 47.9 Å². The Morgan fingerprint density at radius 3 is 2.60 bits per heavy atom. The number of thiophene rings is 1. The molecule has 4 nitrogen and oxygen atoms in total. The lowest BCUT2D eigenvalue weighted by Gasteiger charge is -2.37. The second kappa shape index (κ2) is 7.46. The number of benzene rings is 1. The number of carbonyl (C=O) groups is 1. The number of nitrogens with one attached hydrogen (secondary N) is 1. The van der Waals surface area contributed by atoms with Crippen molar-refractivity contribution in [3.63, 3.8) is 0 Å². The maximum atomic E-state index is 12.9. The third-order valence-corrected chi connectivity index (χ3v) is 6.29. The number of hydrogen-bond donors (Lipinski definition) is 1. The summed E-state index contributed by atoms with van der Waals surface area (Å²) in [5, 5.41) is 3.41. The normalized spacial score (nSPS) is 21.2. The summed E-state index contributed by atoms with van der Waals surface area (Å²) in [7, 11) is 0. The molecule has 132 valence electrons. The Bertz CT molecular complexity index is 755. The van der Waals surface area contributed by atoms with E-state index < -0.39 is 0 Å². The molecular weight excluding hydrogens is 354 g/mol. The van der Waals surface area contributed by atoms with E-state index in [9.17, 15) is 4.79 Å². The first-order chi connectivity index (χ1) is 12.2. The zero-order chi connectivity index (χ0) is 17.2. The van der Waals surface area contributed by atoms with Gasteiger partial charge in [-0.25, -0.2) is 0 Å². The number of amides is 1. The molecule has 0 radical (unpaired) electrons. The van der Waals surface area contributed by atoms with Crippen LogP contribution in [0, 0.1) is 0 Å². The molecular formula is C19H22ClN3OS. The second-order valence-electron chi connectivity index (χ2n) is 6.71. The topological polar surface area (TPSA) is 35.6 Å². The number of carbonyl (C=O) groups excluding carboxylic acids is 1. The molecule has 1 fully saturated rings. The maximum Gasteiger partial charge on any atom is 0.240 e. The van der Waals surface area contributed by atoms with Crippen molar-refractivity contribution in [1.82, 2.24) is 15.1 Å². The molecule has 0 spiro atoms. The number of fused-ring (bicyclic) bond motifs is 1. The molecule has 1 amide bonds. The fourth-order valence-electron chi connectivity index (χ4n) is 3.63. The van der Waals surface area contributed by atoms with Gasteiger partial charge in [-0.05, 0) is 29.7 Å². The summed E-state index contributed by atoms with van der Waals surface area (Å²) in [6, 6.07) is 12.3. The van der Waals surface area contributed by atoms with Crippen LogP contribution in [0.5, 0.6) is 0 Å². The SMILES string of the molecule is O=C(C1Cc2ccccc2CN1)N1CCN(Cc2ccc(Cl)s2)CC1. The molecule has 1 aromatic carbocycles. The number of hydrogen-bond acceptors (Lipinski definition) is 4. The Balaban J connectivity index is 1.31. The van der Waals surface area contributed by atoms with E-state index in [-0.39, 0.29) is 11.9 Å². The zero-order valence-corrected chi connectivity index (χ0v) is 15.7. The molecule has 25 heavy (non-hydrogen) atoms. The maximum absolute atomic E-state index is 12.9. The van der Waals surface area contributed by atoms with Crippen molar-refractivity contribution in [2.75, 3.05) is 26.2 Å². The molecule has 1 N–H and O–H groups in total. The first-order valence-corrected chi connectivity index (χ1v) is 9.94. The minimum Gasteiger partial charge on any atom is -0.339 e. The minimum atomic E-state index is -0.0856. The number of halogens is 1. The summed E-state index contributed by atoms with van der Waals surface area (Å²) >= 11 is 7.64. The standard InChI is InChI=1S/C19H22ClN3OS/c20-18-6-5-16(25-18)13-22-7-9-23(10-8-22)19(24)17-11-14-3-1-2-4-15(14)12-21-17/h1-6,17,21H,7-13H2. The lowest BCUT2D eigenvalue weighted by atomic mass is 9.95. The summed E-state index contributed by atoms with van der Waals surface area (Å²) in [5.74, 6) is 0.244. The fourth-order valence-corrected chi connectivity index (χ4v) is 4.76. The van der Waals surface area contributed by atoms with E-state index in [1.807, 2.05) is 11.0 Å². The molecule has 2 aromatic rings. The highest BCUT2D eigenvalue weighted by Gasteiger charge is 2.29. The van der Waals surface area contributed by atoms with E-state index in [0.29, 0.717) is 0 Å². The fraction of sp³-hybridized carbons (Fsp3) is 0.421. The van der Waals surface area contributed by atoms with Gasteiger partial charge in [0.15, 0.2) is 0 Å². The molecule has 1 unspecified atom stereocenters. The second-order valence-corrected chi connectivity index (χ2v) is 8.51. The predicted molar refractivity (Wildman–Crippen MR) is 102 cm³/mol. The van der Waals surface area contributed by atoms with Crippen LogP contribution in [0.4, 0.5) is 0 Å². The Hall–Kier alpha value is -1.40. The van der Waals surface area contributed by atoms with Gasteiger partial charge < -0.3 is 10.2 Å². The lowest BCUT2D eigenvalue weighted by Crippen LogP contribution is -2.55. The molecule has 0 bridgehead atoms. The minimum absolute atomic E-state index is 0.0856. The van der Waals surface area contributed by atoms with Gasteiger partial charge in [-0.1, -0.05) is 35.9 Å². The molecule has 1 atom stereocenters. The Morgan fingerprint density at radius 1 is 1.12 bits per heavy atom. The smallest absolute Gasteiger partial charge is 0.240 e. The van der Waals surface area contributed by atoms with Crippen molar-refractivity contribution in [2.24, 2.45) is 0 Å². The summed E-state index contributed by atoms with van der Waals surface area (Å²) < 4.78 is 0.840. The monoisotopic (exact) mass is 375 g/mol. The van der Waals surface area contributed by atoms with Crippen LogP contribution in [0.15, 0.2) is 36.4 Å². The van der Waals surface area contributed by atoms with E-state index in [1.165, 1.54) is 16.0 Å². The van der Waals surface area contributed by atoms with E-state index in [4.69, 9.17) is 11.6 Å². The van der Waals surface area contributed by atoms with Crippen LogP contribution in [0.25, 0.3) is 0 Å². The molecule has 0 saturated carbocycles. The Kier molecular flexibility index (Phi) is 5.08. The third kappa shape index (κ3) is 3.90. The van der Waals surface area contributed by atoms with Crippen LogP contribution < -0.4 is 5.32 Å². The largest absolute Gasteiger partial charge is 0.339 e. The zero-order valence-electron chi connectivity index (χ0n) is 14.1. The van der Waals surface area contributed by atoms with Gasteiger partial charge in [-0.3, -0.25) is 9.69 Å². The molecule has 4 rings (SSSR count). The highest BCUT2D eigenvalue weighted by atomic mass is 35.5.